The van der Waals surface area contributed by atoms with Crippen molar-refractivity contribution in [2.45, 2.75) is 6.54 Å². The van der Waals surface area contributed by atoms with Crippen LogP contribution in [0.1, 0.15) is 26.4 Å². The number of ether oxygens (including phenoxy) is 1. The van der Waals surface area contributed by atoms with Gasteiger partial charge in [-0.2, -0.15) is 0 Å². The van der Waals surface area contributed by atoms with Gasteiger partial charge in [0.05, 0.1) is 12.7 Å². The molecule has 0 bridgehead atoms. The molecular weight excluding hydrogens is 346 g/mol. The second-order valence-corrected chi connectivity index (χ2v) is 5.53. The minimum atomic E-state index is -0.437. The first kappa shape index (κ1) is 18.0. The first-order valence-corrected chi connectivity index (χ1v) is 8.10. The third kappa shape index (κ3) is 4.85. The quantitative estimate of drug-likeness (QED) is 0.648. The van der Waals surface area contributed by atoms with Crippen molar-refractivity contribution in [3.8, 4) is 0 Å². The Morgan fingerprint density at radius 2 is 1.93 bits per heavy atom. The number of carbonyl (C=O) groups excluding carboxylic acids is 2. The number of methoxy groups -OCH3 is 1. The van der Waals surface area contributed by atoms with Crippen molar-refractivity contribution >= 4 is 23.4 Å². The molecule has 0 unspecified atom stereocenters. The maximum absolute atomic E-state index is 12.4. The first-order valence-electron chi connectivity index (χ1n) is 8.10. The molecule has 2 N–H and O–H groups in total. The minimum Gasteiger partial charge on any atom is -0.465 e. The summed E-state index contributed by atoms with van der Waals surface area (Å²) in [6, 6.07) is 11.7. The molecule has 1 amide bonds. The fourth-order valence-electron chi connectivity index (χ4n) is 2.28. The number of nitrogens with zero attached hydrogens (tertiary/aromatic N) is 3. The van der Waals surface area contributed by atoms with Crippen molar-refractivity contribution in [2.75, 3.05) is 17.7 Å². The van der Waals surface area contributed by atoms with E-state index in [4.69, 9.17) is 0 Å². The van der Waals surface area contributed by atoms with Gasteiger partial charge in [-0.05, 0) is 35.9 Å². The number of anilines is 2. The van der Waals surface area contributed by atoms with Gasteiger partial charge in [0.15, 0.2) is 0 Å². The molecule has 0 aliphatic heterocycles. The number of rotatable bonds is 6. The monoisotopic (exact) mass is 363 g/mol. The van der Waals surface area contributed by atoms with E-state index in [1.54, 1.807) is 42.7 Å². The van der Waals surface area contributed by atoms with Gasteiger partial charge in [0, 0.05) is 30.7 Å². The van der Waals surface area contributed by atoms with Crippen molar-refractivity contribution < 1.29 is 14.3 Å². The number of hydrogen-bond donors (Lipinski definition) is 2. The van der Waals surface area contributed by atoms with Crippen LogP contribution in [-0.4, -0.2) is 33.9 Å². The SMILES string of the molecule is COC(=O)c1ccc(NC(=O)c2cc(NCc3cccnc3)ncn2)cc1. The molecule has 2 heterocycles. The Balaban J connectivity index is 1.63. The zero-order valence-electron chi connectivity index (χ0n) is 14.5. The van der Waals surface area contributed by atoms with Gasteiger partial charge in [0.1, 0.15) is 17.8 Å². The van der Waals surface area contributed by atoms with Crippen molar-refractivity contribution in [3.05, 3.63) is 78.0 Å². The van der Waals surface area contributed by atoms with E-state index in [0.29, 0.717) is 23.6 Å². The molecule has 0 radical (unpaired) electrons. The summed E-state index contributed by atoms with van der Waals surface area (Å²) in [5, 5.41) is 5.85. The van der Waals surface area contributed by atoms with Gasteiger partial charge in [-0.1, -0.05) is 6.07 Å². The molecule has 0 aliphatic rings. The molecule has 0 saturated carbocycles. The summed E-state index contributed by atoms with van der Waals surface area (Å²) in [7, 11) is 1.31. The molecule has 0 aliphatic carbocycles. The van der Waals surface area contributed by atoms with E-state index in [1.807, 2.05) is 12.1 Å². The topological polar surface area (TPSA) is 106 Å². The molecule has 27 heavy (non-hydrogen) atoms. The van der Waals surface area contributed by atoms with Gasteiger partial charge in [-0.25, -0.2) is 14.8 Å². The van der Waals surface area contributed by atoms with E-state index in [9.17, 15) is 9.59 Å². The van der Waals surface area contributed by atoms with Crippen molar-refractivity contribution in [1.29, 1.82) is 0 Å². The molecule has 0 fully saturated rings. The summed E-state index contributed by atoms with van der Waals surface area (Å²) in [6.07, 6.45) is 4.77. The van der Waals surface area contributed by atoms with Gasteiger partial charge in [0.25, 0.3) is 5.91 Å². The third-order valence-electron chi connectivity index (χ3n) is 3.66. The molecule has 3 rings (SSSR count). The Kier molecular flexibility index (Phi) is 5.68. The molecule has 0 saturated heterocycles. The van der Waals surface area contributed by atoms with Gasteiger partial charge in [-0.15, -0.1) is 0 Å². The summed E-state index contributed by atoms with van der Waals surface area (Å²) >= 11 is 0. The third-order valence-corrected chi connectivity index (χ3v) is 3.66. The standard InChI is InChI=1S/C19H17N5O3/c1-27-19(26)14-4-6-15(7-5-14)24-18(25)16-9-17(23-12-22-16)21-11-13-3-2-8-20-10-13/h2-10,12H,11H2,1H3,(H,24,25)(H,21,22,23). The number of carbonyl (C=O) groups is 2. The molecular formula is C19H17N5O3. The summed E-state index contributed by atoms with van der Waals surface area (Å²) in [4.78, 5) is 36.0. The number of amides is 1. The van der Waals surface area contributed by atoms with Crippen LogP contribution in [0.3, 0.4) is 0 Å². The van der Waals surface area contributed by atoms with Gasteiger partial charge in [0.2, 0.25) is 0 Å². The molecule has 8 heteroatoms. The van der Waals surface area contributed by atoms with Crippen molar-refractivity contribution in [2.24, 2.45) is 0 Å². The highest BCUT2D eigenvalue weighted by atomic mass is 16.5. The Hall–Kier alpha value is -3.81. The summed E-state index contributed by atoms with van der Waals surface area (Å²) in [6.45, 7) is 0.529. The molecule has 3 aromatic rings. The Morgan fingerprint density at radius 3 is 2.63 bits per heavy atom. The van der Waals surface area contributed by atoms with E-state index in [-0.39, 0.29) is 11.6 Å². The second kappa shape index (κ2) is 8.52. The number of aromatic nitrogens is 3. The lowest BCUT2D eigenvalue weighted by Gasteiger charge is -2.08. The van der Waals surface area contributed by atoms with Crippen molar-refractivity contribution in [1.82, 2.24) is 15.0 Å². The van der Waals surface area contributed by atoms with Crippen LogP contribution in [0.5, 0.6) is 0 Å². The summed E-state index contributed by atoms with van der Waals surface area (Å²) in [5.41, 5.74) is 2.15. The number of hydrogen-bond acceptors (Lipinski definition) is 7. The van der Waals surface area contributed by atoms with Crippen LogP contribution in [0.15, 0.2) is 61.2 Å². The normalized spacial score (nSPS) is 10.1. The van der Waals surface area contributed by atoms with Crippen LogP contribution < -0.4 is 10.6 Å². The van der Waals surface area contributed by atoms with E-state index in [1.165, 1.54) is 13.4 Å². The lowest BCUT2D eigenvalue weighted by atomic mass is 10.2. The summed E-state index contributed by atoms with van der Waals surface area (Å²) in [5.74, 6) is -0.291. The fourth-order valence-corrected chi connectivity index (χ4v) is 2.28. The van der Waals surface area contributed by atoms with E-state index in [0.717, 1.165) is 5.56 Å². The predicted octanol–water partition coefficient (Wildman–Crippen LogP) is 2.52. The van der Waals surface area contributed by atoms with Gasteiger partial charge in [-0.3, -0.25) is 9.78 Å². The van der Waals surface area contributed by atoms with E-state index in [2.05, 4.69) is 30.3 Å². The first-order chi connectivity index (χ1) is 13.2. The largest absolute Gasteiger partial charge is 0.465 e. The highest BCUT2D eigenvalue weighted by molar-refractivity contribution is 6.03. The second-order valence-electron chi connectivity index (χ2n) is 5.53. The zero-order valence-corrected chi connectivity index (χ0v) is 14.5. The number of esters is 1. The van der Waals surface area contributed by atoms with Crippen LogP contribution in [0.4, 0.5) is 11.5 Å². The van der Waals surface area contributed by atoms with E-state index < -0.39 is 5.97 Å². The number of benzene rings is 1. The highest BCUT2D eigenvalue weighted by Crippen LogP contribution is 2.13. The zero-order chi connectivity index (χ0) is 19.1. The summed E-state index contributed by atoms with van der Waals surface area (Å²) < 4.78 is 4.64. The lowest BCUT2D eigenvalue weighted by Crippen LogP contribution is -2.15. The van der Waals surface area contributed by atoms with Crippen LogP contribution in [0, 0.1) is 0 Å². The number of pyridine rings is 1. The number of nitrogens with one attached hydrogen (secondary N) is 2. The van der Waals surface area contributed by atoms with Crippen LogP contribution >= 0.6 is 0 Å². The maximum atomic E-state index is 12.4. The molecule has 1 aromatic carbocycles. The van der Waals surface area contributed by atoms with Gasteiger partial charge >= 0.3 is 5.97 Å². The van der Waals surface area contributed by atoms with Crippen LogP contribution in [-0.2, 0) is 11.3 Å². The van der Waals surface area contributed by atoms with Gasteiger partial charge < -0.3 is 15.4 Å². The van der Waals surface area contributed by atoms with Crippen LogP contribution in [0.2, 0.25) is 0 Å². The maximum Gasteiger partial charge on any atom is 0.337 e. The highest BCUT2D eigenvalue weighted by Gasteiger charge is 2.10. The fraction of sp³-hybridized carbons (Fsp3) is 0.105. The van der Waals surface area contributed by atoms with Crippen LogP contribution in [0.25, 0.3) is 0 Å². The Bertz CT molecular complexity index is 930. The lowest BCUT2D eigenvalue weighted by molar-refractivity contribution is 0.0600. The molecule has 136 valence electrons. The average Bonchev–Trinajstić information content (AvgIpc) is 2.73. The molecule has 8 nitrogen and oxygen atoms in total. The molecule has 0 atom stereocenters. The average molecular weight is 363 g/mol. The molecule has 2 aromatic heterocycles. The minimum absolute atomic E-state index is 0.218. The van der Waals surface area contributed by atoms with Crippen molar-refractivity contribution in [3.63, 3.8) is 0 Å². The Morgan fingerprint density at radius 1 is 1.11 bits per heavy atom. The molecule has 0 spiro atoms. The predicted molar refractivity (Wildman–Crippen MR) is 99.3 cm³/mol. The smallest absolute Gasteiger partial charge is 0.337 e. The van der Waals surface area contributed by atoms with E-state index >= 15 is 0 Å². The Labute approximate surface area is 155 Å².